The van der Waals surface area contributed by atoms with Crippen molar-refractivity contribution in [3.05, 3.63) is 63.0 Å². The Morgan fingerprint density at radius 3 is 2.68 bits per heavy atom. The molecule has 8 heteroatoms. The van der Waals surface area contributed by atoms with Gasteiger partial charge in [-0.3, -0.25) is 14.4 Å². The van der Waals surface area contributed by atoms with Crippen molar-refractivity contribution in [2.75, 3.05) is 18.0 Å². The van der Waals surface area contributed by atoms with Gasteiger partial charge in [-0.1, -0.05) is 29.3 Å². The molecule has 0 aliphatic carbocycles. The highest BCUT2D eigenvalue weighted by atomic mass is 35.5. The molecule has 1 aliphatic heterocycles. The van der Waals surface area contributed by atoms with Crippen LogP contribution in [0.25, 0.3) is 0 Å². The first-order valence-corrected chi connectivity index (χ1v) is 9.92. The lowest BCUT2D eigenvalue weighted by molar-refractivity contribution is -0.132. The number of benzene rings is 1. The number of amides is 2. The summed E-state index contributed by atoms with van der Waals surface area (Å²) in [5, 5.41) is 3.62. The van der Waals surface area contributed by atoms with E-state index >= 15 is 0 Å². The third-order valence-corrected chi connectivity index (χ3v) is 5.50. The number of hydrogen-bond acceptors (Lipinski definition) is 3. The molecule has 1 saturated heterocycles. The normalized spacial score (nSPS) is 16.4. The zero-order chi connectivity index (χ0) is 20.1. The number of nitrogens with one attached hydrogen (secondary N) is 1. The van der Waals surface area contributed by atoms with Crippen LogP contribution in [-0.4, -0.2) is 29.5 Å². The van der Waals surface area contributed by atoms with Gasteiger partial charge in [0.2, 0.25) is 17.4 Å². The number of carbonyl (C=O) groups excluding carboxylic acids is 2. The van der Waals surface area contributed by atoms with Crippen molar-refractivity contribution in [2.24, 2.45) is 5.92 Å². The average molecular weight is 422 g/mol. The molecule has 0 saturated carbocycles. The van der Waals surface area contributed by atoms with Crippen molar-refractivity contribution >= 4 is 40.7 Å². The molecule has 2 amide bonds. The molecule has 1 aromatic heterocycles. The number of unbranched alkanes of at least 4 members (excludes halogenated alkanes) is 1. The number of halogens is 2. The summed E-state index contributed by atoms with van der Waals surface area (Å²) >= 11 is 11.9. The van der Waals surface area contributed by atoms with Gasteiger partial charge in [0.05, 0.1) is 10.0 Å². The number of carbonyl (C=O) groups is 2. The molecule has 1 fully saturated rings. The van der Waals surface area contributed by atoms with Crippen molar-refractivity contribution in [1.29, 1.82) is 0 Å². The van der Waals surface area contributed by atoms with Gasteiger partial charge in [-0.05, 0) is 43.5 Å². The number of pyridine rings is 1. The molecule has 1 unspecified atom stereocenters. The minimum absolute atomic E-state index is 0.0366. The fraction of sp³-hybridized carbons (Fsp3) is 0.350. The van der Waals surface area contributed by atoms with Crippen molar-refractivity contribution in [3.8, 4) is 0 Å². The molecule has 1 N–H and O–H groups in total. The van der Waals surface area contributed by atoms with Gasteiger partial charge in [0.1, 0.15) is 5.92 Å². The Balaban J connectivity index is 1.46. The van der Waals surface area contributed by atoms with E-state index in [1.54, 1.807) is 39.9 Å². The first-order chi connectivity index (χ1) is 13.5. The summed E-state index contributed by atoms with van der Waals surface area (Å²) in [7, 11) is 0. The monoisotopic (exact) mass is 421 g/mol. The molecule has 0 radical (unpaired) electrons. The van der Waals surface area contributed by atoms with E-state index in [1.165, 1.54) is 6.07 Å². The summed E-state index contributed by atoms with van der Waals surface area (Å²) in [5.74, 6) is -1.18. The lowest BCUT2D eigenvalue weighted by Crippen LogP contribution is -2.37. The maximum absolute atomic E-state index is 12.6. The second-order valence-corrected chi connectivity index (χ2v) is 7.47. The predicted molar refractivity (Wildman–Crippen MR) is 110 cm³/mol. The van der Waals surface area contributed by atoms with Crippen molar-refractivity contribution in [2.45, 2.75) is 25.8 Å². The quantitative estimate of drug-likeness (QED) is 0.551. The zero-order valence-corrected chi connectivity index (χ0v) is 16.7. The molecule has 6 nitrogen and oxygen atoms in total. The van der Waals surface area contributed by atoms with Crippen molar-refractivity contribution in [3.63, 3.8) is 0 Å². The number of anilines is 1. The minimum atomic E-state index is -0.689. The lowest BCUT2D eigenvalue weighted by atomic mass is 10.1. The van der Waals surface area contributed by atoms with Crippen LogP contribution in [0.3, 0.4) is 0 Å². The van der Waals surface area contributed by atoms with Gasteiger partial charge in [-0.2, -0.15) is 0 Å². The zero-order valence-electron chi connectivity index (χ0n) is 15.2. The Morgan fingerprint density at radius 2 is 1.93 bits per heavy atom. The first-order valence-electron chi connectivity index (χ1n) is 9.17. The topological polar surface area (TPSA) is 71.4 Å². The summed E-state index contributed by atoms with van der Waals surface area (Å²) in [4.78, 5) is 38.2. The van der Waals surface area contributed by atoms with Crippen LogP contribution in [0.1, 0.15) is 19.3 Å². The maximum Gasteiger partial charge on any atom is 0.250 e. The molecule has 2 heterocycles. The smallest absolute Gasteiger partial charge is 0.250 e. The van der Waals surface area contributed by atoms with Crippen LogP contribution >= 0.6 is 23.2 Å². The Bertz CT molecular complexity index is 929. The molecule has 3 rings (SSSR count). The number of nitrogens with zero attached hydrogens (tertiary/aromatic N) is 2. The Labute approximate surface area is 173 Å². The second kappa shape index (κ2) is 9.26. The van der Waals surface area contributed by atoms with Crippen molar-refractivity contribution in [1.82, 2.24) is 9.88 Å². The summed E-state index contributed by atoms with van der Waals surface area (Å²) in [6.45, 7) is 1.53. The van der Waals surface area contributed by atoms with Crippen molar-refractivity contribution < 1.29 is 9.59 Å². The van der Waals surface area contributed by atoms with E-state index in [1.807, 2.05) is 6.07 Å². The van der Waals surface area contributed by atoms with Crippen LogP contribution < -0.4 is 15.8 Å². The lowest BCUT2D eigenvalue weighted by Gasteiger charge is -2.17. The fourth-order valence-corrected chi connectivity index (χ4v) is 3.51. The number of aromatic nitrogens is 1. The predicted octanol–water partition coefficient (Wildman–Crippen LogP) is 3.10. The maximum atomic E-state index is 12.6. The molecule has 28 heavy (non-hydrogen) atoms. The molecule has 0 spiro atoms. The molecular weight excluding hydrogens is 401 g/mol. The van der Waals surface area contributed by atoms with Crippen LogP contribution in [0.4, 0.5) is 5.69 Å². The Hall–Kier alpha value is -2.31. The summed E-state index contributed by atoms with van der Waals surface area (Å²) in [6, 6.07) is 10.0. The first kappa shape index (κ1) is 20.4. The van der Waals surface area contributed by atoms with Gasteiger partial charge in [0.25, 0.3) is 0 Å². The van der Waals surface area contributed by atoms with Gasteiger partial charge in [-0.25, -0.2) is 0 Å². The second-order valence-electron chi connectivity index (χ2n) is 6.66. The van der Waals surface area contributed by atoms with E-state index in [9.17, 15) is 14.4 Å². The molecule has 148 valence electrons. The third kappa shape index (κ3) is 4.75. The molecule has 2 aromatic rings. The minimum Gasteiger partial charge on any atom is -0.355 e. The van der Waals surface area contributed by atoms with E-state index in [-0.39, 0.29) is 17.4 Å². The van der Waals surface area contributed by atoms with Crippen LogP contribution in [-0.2, 0) is 16.1 Å². The van der Waals surface area contributed by atoms with Crippen LogP contribution in [0.5, 0.6) is 0 Å². The average Bonchev–Trinajstić information content (AvgIpc) is 3.06. The van der Waals surface area contributed by atoms with E-state index < -0.39 is 5.92 Å². The Morgan fingerprint density at radius 1 is 1.11 bits per heavy atom. The van der Waals surface area contributed by atoms with E-state index in [0.717, 1.165) is 12.8 Å². The van der Waals surface area contributed by atoms with Crippen LogP contribution in [0.15, 0.2) is 47.4 Å². The highest BCUT2D eigenvalue weighted by molar-refractivity contribution is 6.42. The van der Waals surface area contributed by atoms with Gasteiger partial charge >= 0.3 is 0 Å². The van der Waals surface area contributed by atoms with Crippen LogP contribution in [0, 0.1) is 5.92 Å². The molecule has 1 aromatic carbocycles. The molecule has 0 bridgehead atoms. The summed E-state index contributed by atoms with van der Waals surface area (Å²) < 4.78 is 1.64. The van der Waals surface area contributed by atoms with E-state index in [0.29, 0.717) is 41.8 Å². The summed E-state index contributed by atoms with van der Waals surface area (Å²) in [5.41, 5.74) is 0.605. The molecule has 1 aliphatic rings. The molecule has 1 atom stereocenters. The SMILES string of the molecule is O=C(NCCCCn1ccccc1=O)C1CCN(c2ccc(Cl)c(Cl)c2)C1=O. The number of rotatable bonds is 7. The highest BCUT2D eigenvalue weighted by Crippen LogP contribution is 2.31. The van der Waals surface area contributed by atoms with Gasteiger partial charge < -0.3 is 14.8 Å². The standard InChI is InChI=1S/C20H21Cl2N3O3/c21-16-7-6-14(13-17(16)22)25-12-8-15(20(25)28)19(27)23-9-2-4-11-24-10-3-1-5-18(24)26/h1,3,5-7,10,13,15H,2,4,8-9,11-12H2,(H,23,27). The van der Waals surface area contributed by atoms with E-state index in [4.69, 9.17) is 23.2 Å². The van der Waals surface area contributed by atoms with Crippen LogP contribution in [0.2, 0.25) is 10.0 Å². The highest BCUT2D eigenvalue weighted by Gasteiger charge is 2.37. The van der Waals surface area contributed by atoms with Gasteiger partial charge in [-0.15, -0.1) is 0 Å². The number of hydrogen-bond donors (Lipinski definition) is 1. The summed E-state index contributed by atoms with van der Waals surface area (Å²) in [6.07, 6.45) is 3.70. The largest absolute Gasteiger partial charge is 0.355 e. The fourth-order valence-electron chi connectivity index (χ4n) is 3.22. The third-order valence-electron chi connectivity index (χ3n) is 4.76. The Kier molecular flexibility index (Phi) is 6.75. The number of aryl methyl sites for hydroxylation is 1. The van der Waals surface area contributed by atoms with E-state index in [2.05, 4.69) is 5.32 Å². The van der Waals surface area contributed by atoms with Gasteiger partial charge in [0, 0.05) is 37.6 Å². The van der Waals surface area contributed by atoms with Gasteiger partial charge in [0.15, 0.2) is 0 Å². The molecular formula is C20H21Cl2N3O3.